The Hall–Kier alpha value is -1.32. The highest BCUT2D eigenvalue weighted by molar-refractivity contribution is 5.83. The van der Waals surface area contributed by atoms with Crippen molar-refractivity contribution in [2.24, 2.45) is 5.73 Å². The van der Waals surface area contributed by atoms with Crippen LogP contribution in [-0.4, -0.2) is 12.1 Å². The minimum absolute atomic E-state index is 0.289. The van der Waals surface area contributed by atoms with Gasteiger partial charge in [-0.25, -0.2) is 4.79 Å². The van der Waals surface area contributed by atoms with Crippen molar-refractivity contribution in [3.05, 3.63) is 12.7 Å². The lowest BCUT2D eigenvalue weighted by molar-refractivity contribution is -0.137. The van der Waals surface area contributed by atoms with Gasteiger partial charge in [-0.3, -0.25) is 4.79 Å². The van der Waals surface area contributed by atoms with Crippen molar-refractivity contribution in [1.82, 2.24) is 0 Å². The normalized spacial score (nSPS) is 10.6. The van der Waals surface area contributed by atoms with E-state index in [0.717, 1.165) is 19.3 Å². The Balaban J connectivity index is 3.08. The molecule has 25 heavy (non-hydrogen) atoms. The molecule has 0 saturated heterocycles. The van der Waals surface area contributed by atoms with Crippen molar-refractivity contribution < 1.29 is 14.3 Å². The summed E-state index contributed by atoms with van der Waals surface area (Å²) >= 11 is 0. The molecule has 0 rings (SSSR count). The molecule has 4 heteroatoms. The Labute approximate surface area is 154 Å². The predicted octanol–water partition coefficient (Wildman–Crippen LogP) is 6.43. The molecular formula is C21H39NO3. The summed E-state index contributed by atoms with van der Waals surface area (Å²) in [6, 6.07) is 0. The second kappa shape index (κ2) is 19.0. The monoisotopic (exact) mass is 353 g/mol. The number of primary amides is 1. The van der Waals surface area contributed by atoms with E-state index >= 15 is 0 Å². The Kier molecular flexibility index (Phi) is 18.0. The summed E-state index contributed by atoms with van der Waals surface area (Å²) in [5.41, 5.74) is 4.77. The summed E-state index contributed by atoms with van der Waals surface area (Å²) in [5, 5.41) is 0. The highest BCUT2D eigenvalue weighted by Crippen LogP contribution is 2.14. The van der Waals surface area contributed by atoms with Crippen LogP contribution in [-0.2, 0) is 9.53 Å². The predicted molar refractivity (Wildman–Crippen MR) is 104 cm³/mol. The lowest BCUT2D eigenvalue weighted by Gasteiger charge is -2.03. The lowest BCUT2D eigenvalue weighted by atomic mass is 10.0. The summed E-state index contributed by atoms with van der Waals surface area (Å²) in [4.78, 5) is 21.5. The molecule has 1 amide bonds. The number of rotatable bonds is 18. The quantitative estimate of drug-likeness (QED) is 0.134. The maximum atomic E-state index is 11.1. The molecule has 0 aliphatic carbocycles. The van der Waals surface area contributed by atoms with E-state index in [1.165, 1.54) is 83.5 Å². The fraction of sp³-hybridized carbons (Fsp3) is 0.810. The molecule has 0 unspecified atom stereocenters. The largest absolute Gasteiger partial charge is 0.412 e. The number of amides is 1. The van der Waals surface area contributed by atoms with Gasteiger partial charge in [0, 0.05) is 6.42 Å². The number of ether oxygens (including phenoxy) is 1. The van der Waals surface area contributed by atoms with Crippen molar-refractivity contribution in [2.45, 2.75) is 109 Å². The second-order valence-corrected chi connectivity index (χ2v) is 6.92. The highest BCUT2D eigenvalue weighted by atomic mass is 16.6. The molecule has 0 saturated carbocycles. The van der Waals surface area contributed by atoms with Crippen LogP contribution in [0.25, 0.3) is 0 Å². The lowest BCUT2D eigenvalue weighted by Crippen LogP contribution is -2.18. The Morgan fingerprint density at radius 3 is 1.40 bits per heavy atom. The van der Waals surface area contributed by atoms with E-state index in [-0.39, 0.29) is 6.42 Å². The van der Waals surface area contributed by atoms with Crippen molar-refractivity contribution in [2.75, 3.05) is 0 Å². The van der Waals surface area contributed by atoms with E-state index in [1.807, 2.05) is 6.08 Å². The Bertz CT molecular complexity index is 342. The van der Waals surface area contributed by atoms with Crippen LogP contribution in [0, 0.1) is 0 Å². The van der Waals surface area contributed by atoms with Crippen LogP contribution in [0.3, 0.4) is 0 Å². The van der Waals surface area contributed by atoms with Crippen LogP contribution >= 0.6 is 0 Å². The number of hydrogen-bond acceptors (Lipinski definition) is 3. The van der Waals surface area contributed by atoms with Crippen LogP contribution in [0.1, 0.15) is 109 Å². The first-order chi connectivity index (χ1) is 12.2. The number of allylic oxidation sites excluding steroid dienone is 1. The van der Waals surface area contributed by atoms with E-state index in [0.29, 0.717) is 0 Å². The van der Waals surface area contributed by atoms with Crippen LogP contribution in [0.5, 0.6) is 0 Å². The highest BCUT2D eigenvalue weighted by Gasteiger charge is 2.05. The first-order valence-electron chi connectivity index (χ1n) is 10.3. The molecule has 0 spiro atoms. The standard InChI is InChI=1S/C21H39NO3/c1-2-3-4-5-6-7-8-9-10-11-12-13-14-15-16-17-18-19-20(23)25-21(22)24/h2H,1,3-19H2,(H2,22,24). The molecule has 0 aromatic carbocycles. The Morgan fingerprint density at radius 2 is 1.04 bits per heavy atom. The fourth-order valence-electron chi connectivity index (χ4n) is 3.02. The van der Waals surface area contributed by atoms with Gasteiger partial charge in [0.1, 0.15) is 0 Å². The average Bonchev–Trinajstić information content (AvgIpc) is 2.57. The van der Waals surface area contributed by atoms with E-state index < -0.39 is 12.1 Å². The molecule has 0 aromatic rings. The molecule has 0 aliphatic heterocycles. The van der Waals surface area contributed by atoms with Crippen molar-refractivity contribution >= 4 is 12.1 Å². The fourth-order valence-corrected chi connectivity index (χ4v) is 3.02. The number of unbranched alkanes of at least 4 members (excludes halogenated alkanes) is 15. The summed E-state index contributed by atoms with van der Waals surface area (Å²) in [7, 11) is 0. The number of nitrogens with two attached hydrogens (primary N) is 1. The third kappa shape index (κ3) is 20.6. The molecule has 146 valence electrons. The van der Waals surface area contributed by atoms with E-state index in [1.54, 1.807) is 0 Å². The molecule has 4 nitrogen and oxygen atoms in total. The van der Waals surface area contributed by atoms with E-state index in [2.05, 4.69) is 11.3 Å². The first kappa shape index (κ1) is 23.7. The zero-order valence-corrected chi connectivity index (χ0v) is 16.1. The average molecular weight is 354 g/mol. The topological polar surface area (TPSA) is 69.4 Å². The van der Waals surface area contributed by atoms with Gasteiger partial charge in [0.25, 0.3) is 0 Å². The maximum absolute atomic E-state index is 11.1. The first-order valence-corrected chi connectivity index (χ1v) is 10.3. The minimum atomic E-state index is -1.01. The van der Waals surface area contributed by atoms with Crippen LogP contribution in [0.4, 0.5) is 4.79 Å². The van der Waals surface area contributed by atoms with Gasteiger partial charge >= 0.3 is 12.1 Å². The van der Waals surface area contributed by atoms with E-state index in [9.17, 15) is 9.59 Å². The van der Waals surface area contributed by atoms with Crippen LogP contribution < -0.4 is 5.73 Å². The maximum Gasteiger partial charge on any atom is 0.412 e. The number of hydrogen-bond donors (Lipinski definition) is 1. The van der Waals surface area contributed by atoms with E-state index in [4.69, 9.17) is 5.73 Å². The third-order valence-electron chi connectivity index (χ3n) is 4.50. The van der Waals surface area contributed by atoms with Gasteiger partial charge in [-0.1, -0.05) is 89.5 Å². The molecule has 0 heterocycles. The molecule has 0 radical (unpaired) electrons. The molecule has 0 aliphatic rings. The number of carbonyl (C=O) groups is 2. The van der Waals surface area contributed by atoms with Gasteiger partial charge in [0.05, 0.1) is 0 Å². The summed E-state index contributed by atoms with van der Waals surface area (Å²) in [5.74, 6) is -0.510. The molecule has 0 atom stereocenters. The van der Waals surface area contributed by atoms with Crippen molar-refractivity contribution in [1.29, 1.82) is 0 Å². The zero-order valence-electron chi connectivity index (χ0n) is 16.1. The zero-order chi connectivity index (χ0) is 18.6. The molecular weight excluding hydrogens is 314 g/mol. The SMILES string of the molecule is C=CCCCCCCCCCCCCCCCCCC(=O)OC(N)=O. The van der Waals surface area contributed by atoms with Gasteiger partial charge in [-0.05, 0) is 19.3 Å². The molecule has 0 bridgehead atoms. The molecule has 0 fully saturated rings. The number of esters is 1. The number of carbonyl (C=O) groups excluding carboxylic acids is 2. The van der Waals surface area contributed by atoms with Crippen molar-refractivity contribution in [3.8, 4) is 0 Å². The van der Waals surface area contributed by atoms with Crippen LogP contribution in [0.15, 0.2) is 12.7 Å². The second-order valence-electron chi connectivity index (χ2n) is 6.92. The smallest absolute Gasteiger partial charge is 0.376 e. The van der Waals surface area contributed by atoms with Gasteiger partial charge in [-0.15, -0.1) is 6.58 Å². The van der Waals surface area contributed by atoms with Gasteiger partial charge in [0.2, 0.25) is 0 Å². The van der Waals surface area contributed by atoms with Gasteiger partial charge in [-0.2, -0.15) is 0 Å². The molecule has 2 N–H and O–H groups in total. The summed E-state index contributed by atoms with van der Waals surface area (Å²) < 4.78 is 4.28. The Morgan fingerprint density at radius 1 is 0.680 bits per heavy atom. The van der Waals surface area contributed by atoms with Gasteiger partial charge in [0.15, 0.2) is 0 Å². The van der Waals surface area contributed by atoms with Gasteiger partial charge < -0.3 is 10.5 Å². The summed E-state index contributed by atoms with van der Waals surface area (Å²) in [6.07, 6.45) is 21.6. The van der Waals surface area contributed by atoms with Crippen molar-refractivity contribution in [3.63, 3.8) is 0 Å². The molecule has 0 aromatic heterocycles. The van der Waals surface area contributed by atoms with Crippen LogP contribution in [0.2, 0.25) is 0 Å². The minimum Gasteiger partial charge on any atom is -0.376 e. The third-order valence-corrected chi connectivity index (χ3v) is 4.50. The summed E-state index contributed by atoms with van der Waals surface area (Å²) in [6.45, 7) is 3.75.